The van der Waals surface area contributed by atoms with Crippen molar-refractivity contribution in [2.75, 3.05) is 20.1 Å². The molecule has 31 heavy (non-hydrogen) atoms. The van der Waals surface area contributed by atoms with Crippen LogP contribution in [0.2, 0.25) is 0 Å². The number of carbonyl (C=O) groups excluding carboxylic acids is 2. The third kappa shape index (κ3) is 2.79. The van der Waals surface area contributed by atoms with E-state index in [4.69, 9.17) is 0 Å². The number of hydrogen-bond donors (Lipinski definition) is 3. The first-order chi connectivity index (χ1) is 14.6. The molecule has 0 bridgehead atoms. The molecule has 4 fully saturated rings. The van der Waals surface area contributed by atoms with Crippen LogP contribution in [-0.4, -0.2) is 69.3 Å². The van der Waals surface area contributed by atoms with E-state index >= 15 is 0 Å². The summed E-state index contributed by atoms with van der Waals surface area (Å²) in [6.07, 6.45) is 4.41. The number of aromatic hydroxyl groups is 1. The van der Waals surface area contributed by atoms with Crippen molar-refractivity contribution >= 4 is 11.9 Å². The van der Waals surface area contributed by atoms with Crippen molar-refractivity contribution in [2.24, 2.45) is 5.92 Å². The second kappa shape index (κ2) is 6.69. The highest BCUT2D eigenvalue weighted by atomic mass is 16.3. The molecule has 4 aliphatic rings. The van der Waals surface area contributed by atoms with Gasteiger partial charge in [0.25, 0.3) is 5.91 Å². The standard InChI is InChI=1S/C24H33N3O4/c1-15-4-7-18(28)12-19(15)22-10-11-27(13-17-5-6-17)16(2)24(22,31)9-8-23(14-22)20(29)25-21(30)26(23)3/h4,7,12,16-17,28,31H,5-6,8-11,13-14H2,1-3H3,(H,25,29,30)/t16-,22-,23+,24-/m1/s1. The summed E-state index contributed by atoms with van der Waals surface area (Å²) in [4.78, 5) is 29.4. The first kappa shape index (κ1) is 20.8. The summed E-state index contributed by atoms with van der Waals surface area (Å²) in [6.45, 7) is 5.93. The molecule has 0 unspecified atom stereocenters. The number of aliphatic hydroxyl groups is 1. The fourth-order valence-corrected chi connectivity index (χ4v) is 6.72. The lowest BCUT2D eigenvalue weighted by molar-refractivity contribution is -0.177. The summed E-state index contributed by atoms with van der Waals surface area (Å²) in [5.41, 5.74) is -0.879. The number of hydrogen-bond acceptors (Lipinski definition) is 5. The predicted octanol–water partition coefficient (Wildman–Crippen LogP) is 2.28. The van der Waals surface area contributed by atoms with Gasteiger partial charge in [-0.25, -0.2) is 4.79 Å². The van der Waals surface area contributed by atoms with Gasteiger partial charge in [-0.05, 0) is 88.1 Å². The molecule has 7 heteroatoms. The molecule has 5 rings (SSSR count). The fourth-order valence-electron chi connectivity index (χ4n) is 6.72. The lowest BCUT2D eigenvalue weighted by Gasteiger charge is -2.63. The molecule has 168 valence electrons. The Balaban J connectivity index is 1.64. The third-order valence-corrected chi connectivity index (χ3v) is 8.92. The molecule has 2 saturated carbocycles. The van der Waals surface area contributed by atoms with Gasteiger partial charge >= 0.3 is 6.03 Å². The van der Waals surface area contributed by atoms with Gasteiger partial charge in [0.15, 0.2) is 0 Å². The topological polar surface area (TPSA) is 93.1 Å². The zero-order chi connectivity index (χ0) is 22.2. The number of nitrogens with zero attached hydrogens (tertiary/aromatic N) is 2. The number of piperidine rings is 1. The number of imide groups is 1. The Hall–Kier alpha value is -2.12. The van der Waals surface area contributed by atoms with Crippen LogP contribution in [0.3, 0.4) is 0 Å². The van der Waals surface area contributed by atoms with E-state index in [-0.39, 0.29) is 23.7 Å². The Morgan fingerprint density at radius 2 is 1.94 bits per heavy atom. The molecule has 3 amide bonds. The van der Waals surface area contributed by atoms with Crippen molar-refractivity contribution < 1.29 is 19.8 Å². The van der Waals surface area contributed by atoms with E-state index in [2.05, 4.69) is 17.1 Å². The van der Waals surface area contributed by atoms with Crippen molar-refractivity contribution in [2.45, 2.75) is 75.0 Å². The van der Waals surface area contributed by atoms with Crippen LogP contribution in [0.25, 0.3) is 0 Å². The van der Waals surface area contributed by atoms with E-state index in [0.29, 0.717) is 25.7 Å². The number of amides is 3. The highest BCUT2D eigenvalue weighted by molar-refractivity contribution is 6.07. The average Bonchev–Trinajstić information content (AvgIpc) is 3.53. The molecule has 4 atom stereocenters. The van der Waals surface area contributed by atoms with Crippen molar-refractivity contribution in [3.63, 3.8) is 0 Å². The van der Waals surface area contributed by atoms with Crippen LogP contribution in [0.5, 0.6) is 5.75 Å². The monoisotopic (exact) mass is 427 g/mol. The number of fused-ring (bicyclic) bond motifs is 1. The van der Waals surface area contributed by atoms with Crippen LogP contribution >= 0.6 is 0 Å². The SMILES string of the molecule is Cc1ccc(O)cc1[C@]12CCN(CC3CC3)[C@H](C)[C@]1(O)CC[C@]1(C2)C(=O)NC(=O)N1C. The Kier molecular flexibility index (Phi) is 4.48. The molecule has 2 aliphatic carbocycles. The van der Waals surface area contributed by atoms with E-state index in [1.165, 1.54) is 17.7 Å². The van der Waals surface area contributed by atoms with Gasteiger partial charge in [-0.15, -0.1) is 0 Å². The Morgan fingerprint density at radius 3 is 2.58 bits per heavy atom. The second-order valence-corrected chi connectivity index (χ2v) is 10.4. The molecule has 2 saturated heterocycles. The molecule has 1 spiro atoms. The molecule has 7 nitrogen and oxygen atoms in total. The Labute approximate surface area is 183 Å². The van der Waals surface area contributed by atoms with Gasteiger partial charge in [0.1, 0.15) is 11.3 Å². The largest absolute Gasteiger partial charge is 0.508 e. The number of urea groups is 1. The van der Waals surface area contributed by atoms with Crippen molar-refractivity contribution in [1.82, 2.24) is 15.1 Å². The highest BCUT2D eigenvalue weighted by Crippen LogP contribution is 2.59. The molecular formula is C24H33N3O4. The second-order valence-electron chi connectivity index (χ2n) is 10.4. The highest BCUT2D eigenvalue weighted by Gasteiger charge is 2.68. The lowest BCUT2D eigenvalue weighted by Crippen LogP contribution is -2.73. The summed E-state index contributed by atoms with van der Waals surface area (Å²) in [5.74, 6) is 0.609. The minimum atomic E-state index is -1.06. The van der Waals surface area contributed by atoms with Crippen LogP contribution in [0.1, 0.15) is 56.6 Å². The van der Waals surface area contributed by atoms with E-state index in [9.17, 15) is 19.8 Å². The van der Waals surface area contributed by atoms with Crippen LogP contribution in [-0.2, 0) is 10.2 Å². The number of likely N-dealkylation sites (tertiary alicyclic amines) is 1. The van der Waals surface area contributed by atoms with Gasteiger partial charge in [0, 0.05) is 25.0 Å². The van der Waals surface area contributed by atoms with Gasteiger partial charge < -0.3 is 15.1 Å². The van der Waals surface area contributed by atoms with Crippen LogP contribution in [0, 0.1) is 12.8 Å². The van der Waals surface area contributed by atoms with Crippen LogP contribution in [0.4, 0.5) is 4.79 Å². The normalized spacial score (nSPS) is 38.5. The number of benzene rings is 1. The van der Waals surface area contributed by atoms with Gasteiger partial charge in [-0.1, -0.05) is 6.07 Å². The molecule has 1 aromatic carbocycles. The zero-order valence-electron chi connectivity index (χ0n) is 18.6. The van der Waals surface area contributed by atoms with E-state index < -0.39 is 16.6 Å². The van der Waals surface area contributed by atoms with E-state index in [1.807, 2.05) is 13.0 Å². The molecule has 1 aromatic rings. The van der Waals surface area contributed by atoms with Gasteiger partial charge in [0.2, 0.25) is 0 Å². The van der Waals surface area contributed by atoms with E-state index in [1.54, 1.807) is 19.2 Å². The summed E-state index contributed by atoms with van der Waals surface area (Å²) in [7, 11) is 1.68. The maximum Gasteiger partial charge on any atom is 0.324 e. The Morgan fingerprint density at radius 1 is 1.19 bits per heavy atom. The maximum absolute atomic E-state index is 13.1. The molecule has 2 heterocycles. The first-order valence-electron chi connectivity index (χ1n) is 11.5. The number of likely N-dealkylation sites (N-methyl/N-ethyl adjacent to an activating group) is 1. The average molecular weight is 428 g/mol. The number of phenolic OH excluding ortho intramolecular Hbond substituents is 1. The number of nitrogens with one attached hydrogen (secondary N) is 1. The fraction of sp³-hybridized carbons (Fsp3) is 0.667. The van der Waals surface area contributed by atoms with Crippen molar-refractivity contribution in [1.29, 1.82) is 0 Å². The Bertz CT molecular complexity index is 947. The van der Waals surface area contributed by atoms with E-state index in [0.717, 1.165) is 30.1 Å². The van der Waals surface area contributed by atoms with Crippen molar-refractivity contribution in [3.8, 4) is 5.75 Å². The quantitative estimate of drug-likeness (QED) is 0.644. The number of phenols is 1. The number of carbonyl (C=O) groups is 2. The van der Waals surface area contributed by atoms with Crippen LogP contribution < -0.4 is 5.32 Å². The minimum absolute atomic E-state index is 0.0774. The number of aryl methyl sites for hydroxylation is 1. The first-order valence-corrected chi connectivity index (χ1v) is 11.5. The lowest BCUT2D eigenvalue weighted by atomic mass is 9.49. The smallest absolute Gasteiger partial charge is 0.324 e. The predicted molar refractivity (Wildman–Crippen MR) is 116 cm³/mol. The molecule has 2 aliphatic heterocycles. The summed E-state index contributed by atoms with van der Waals surface area (Å²) < 4.78 is 0. The van der Waals surface area contributed by atoms with Gasteiger partial charge in [-0.2, -0.15) is 0 Å². The molecule has 0 radical (unpaired) electrons. The van der Waals surface area contributed by atoms with Gasteiger partial charge in [0.05, 0.1) is 5.60 Å². The number of rotatable bonds is 3. The maximum atomic E-state index is 13.1. The summed E-state index contributed by atoms with van der Waals surface area (Å²) >= 11 is 0. The zero-order valence-corrected chi connectivity index (χ0v) is 18.6. The summed E-state index contributed by atoms with van der Waals surface area (Å²) in [6, 6.07) is 4.85. The molecule has 0 aromatic heterocycles. The van der Waals surface area contributed by atoms with Gasteiger partial charge in [-0.3, -0.25) is 15.0 Å². The molecular weight excluding hydrogens is 394 g/mol. The van der Waals surface area contributed by atoms with Crippen molar-refractivity contribution in [3.05, 3.63) is 29.3 Å². The summed E-state index contributed by atoms with van der Waals surface area (Å²) in [5, 5.41) is 25.2. The third-order valence-electron chi connectivity index (χ3n) is 8.92. The minimum Gasteiger partial charge on any atom is -0.508 e. The molecule has 3 N–H and O–H groups in total. The van der Waals surface area contributed by atoms with Crippen LogP contribution in [0.15, 0.2) is 18.2 Å².